The van der Waals surface area contributed by atoms with Crippen LogP contribution < -0.4 is 4.74 Å². The molecular weight excluding hydrogens is 278 g/mol. The van der Waals surface area contributed by atoms with Crippen LogP contribution in [0.2, 0.25) is 0 Å². The van der Waals surface area contributed by atoms with E-state index in [2.05, 4.69) is 4.99 Å². The molecule has 0 atom stereocenters. The Kier molecular flexibility index (Phi) is 3.15. The van der Waals surface area contributed by atoms with Gasteiger partial charge in [-0.1, -0.05) is 18.2 Å². The van der Waals surface area contributed by atoms with Gasteiger partial charge in [0.05, 0.1) is 11.5 Å². The van der Waals surface area contributed by atoms with Crippen molar-refractivity contribution in [2.24, 2.45) is 4.99 Å². The number of ether oxygens (including phenoxy) is 1. The third-order valence-electron chi connectivity index (χ3n) is 4.00. The van der Waals surface area contributed by atoms with Crippen molar-refractivity contribution in [2.45, 2.75) is 30.9 Å². The van der Waals surface area contributed by atoms with Crippen LogP contribution in [0.4, 0.5) is 0 Å². The molecule has 0 N–H and O–H groups in total. The van der Waals surface area contributed by atoms with Gasteiger partial charge in [-0.15, -0.1) is 0 Å². The summed E-state index contributed by atoms with van der Waals surface area (Å²) in [5.41, 5.74) is 0.333. The topological polar surface area (TPSA) is 72.8 Å². The lowest BCUT2D eigenvalue weighted by Gasteiger charge is -2.39. The van der Waals surface area contributed by atoms with Crippen LogP contribution >= 0.6 is 0 Å². The van der Waals surface area contributed by atoms with Crippen molar-refractivity contribution in [3.8, 4) is 5.75 Å². The maximum absolute atomic E-state index is 11.2. The summed E-state index contributed by atoms with van der Waals surface area (Å²) in [7, 11) is -2.91. The van der Waals surface area contributed by atoms with E-state index < -0.39 is 15.4 Å². The van der Waals surface area contributed by atoms with Crippen LogP contribution in [0.3, 0.4) is 0 Å². The molecule has 0 aromatic heterocycles. The SMILES string of the molecule is O=C=NC1(c2ccccc2OC2CS(=O)(=O)C2)CCC1. The zero-order valence-corrected chi connectivity index (χ0v) is 11.7. The molecule has 2 aliphatic rings. The number of rotatable bonds is 4. The van der Waals surface area contributed by atoms with Gasteiger partial charge in [0.25, 0.3) is 0 Å². The molecule has 0 spiro atoms. The molecule has 106 valence electrons. The monoisotopic (exact) mass is 293 g/mol. The standard InChI is InChI=1S/C14H15NO4S/c16-10-15-14(6-3-7-14)12-4-1-2-5-13(12)19-11-8-20(17,18)9-11/h1-2,4-5,11H,3,6-9H2. The van der Waals surface area contributed by atoms with Gasteiger partial charge in [-0.05, 0) is 25.3 Å². The fraction of sp³-hybridized carbons (Fsp3) is 0.500. The van der Waals surface area contributed by atoms with Crippen LogP contribution in [-0.4, -0.2) is 32.1 Å². The van der Waals surface area contributed by atoms with E-state index in [0.717, 1.165) is 24.8 Å². The molecule has 5 nitrogen and oxygen atoms in total. The van der Waals surface area contributed by atoms with Gasteiger partial charge in [-0.3, -0.25) is 0 Å². The number of sulfone groups is 1. The number of isocyanates is 1. The van der Waals surface area contributed by atoms with Crippen molar-refractivity contribution in [3.05, 3.63) is 29.8 Å². The van der Waals surface area contributed by atoms with E-state index >= 15 is 0 Å². The first-order chi connectivity index (χ1) is 9.55. The molecule has 1 aromatic carbocycles. The predicted octanol–water partition coefficient (Wildman–Crippen LogP) is 1.58. The zero-order valence-electron chi connectivity index (χ0n) is 10.9. The smallest absolute Gasteiger partial charge is 0.235 e. The first-order valence-corrected chi connectivity index (χ1v) is 8.42. The van der Waals surface area contributed by atoms with Crippen LogP contribution in [0.5, 0.6) is 5.75 Å². The van der Waals surface area contributed by atoms with Gasteiger partial charge in [0, 0.05) is 5.56 Å². The minimum Gasteiger partial charge on any atom is -0.488 e. The van der Waals surface area contributed by atoms with Gasteiger partial charge in [0.15, 0.2) is 9.84 Å². The lowest BCUT2D eigenvalue weighted by Crippen LogP contribution is -2.45. The lowest BCUT2D eigenvalue weighted by molar-refractivity contribution is 0.204. The molecule has 3 rings (SSSR count). The van der Waals surface area contributed by atoms with Crippen molar-refractivity contribution >= 4 is 15.9 Å². The summed E-state index contributed by atoms with van der Waals surface area (Å²) in [4.78, 5) is 14.6. The van der Waals surface area contributed by atoms with Gasteiger partial charge < -0.3 is 4.74 Å². The lowest BCUT2D eigenvalue weighted by atomic mass is 9.72. The molecule has 1 aromatic rings. The van der Waals surface area contributed by atoms with Crippen LogP contribution in [-0.2, 0) is 20.2 Å². The summed E-state index contributed by atoms with van der Waals surface area (Å²) in [6, 6.07) is 7.41. The first-order valence-electron chi connectivity index (χ1n) is 6.60. The van der Waals surface area contributed by atoms with Crippen molar-refractivity contribution in [1.82, 2.24) is 0 Å². The number of hydrogen-bond donors (Lipinski definition) is 0. The fourth-order valence-corrected chi connectivity index (χ4v) is 3.93. The van der Waals surface area contributed by atoms with E-state index in [9.17, 15) is 13.2 Å². The van der Waals surface area contributed by atoms with Gasteiger partial charge in [0.1, 0.15) is 17.4 Å². The quantitative estimate of drug-likeness (QED) is 0.624. The number of hydrogen-bond acceptors (Lipinski definition) is 5. The molecule has 2 fully saturated rings. The minimum absolute atomic E-state index is 0.0608. The van der Waals surface area contributed by atoms with E-state index in [-0.39, 0.29) is 17.6 Å². The molecule has 0 radical (unpaired) electrons. The average molecular weight is 293 g/mol. The number of nitrogens with zero attached hydrogens (tertiary/aromatic N) is 1. The van der Waals surface area contributed by atoms with Crippen molar-refractivity contribution in [2.75, 3.05) is 11.5 Å². The van der Waals surface area contributed by atoms with Gasteiger partial charge in [-0.25, -0.2) is 13.2 Å². The third-order valence-corrected chi connectivity index (χ3v) is 5.76. The summed E-state index contributed by atoms with van der Waals surface area (Å²) in [6.45, 7) is 0. The summed E-state index contributed by atoms with van der Waals surface area (Å²) >= 11 is 0. The Bertz CT molecular complexity index is 660. The van der Waals surface area contributed by atoms with Crippen molar-refractivity contribution < 1.29 is 17.9 Å². The summed E-state index contributed by atoms with van der Waals surface area (Å²) in [5, 5.41) is 0. The highest BCUT2D eigenvalue weighted by atomic mass is 32.2. The average Bonchev–Trinajstić information content (AvgIpc) is 2.33. The summed E-state index contributed by atoms with van der Waals surface area (Å²) < 4.78 is 28.2. The third kappa shape index (κ3) is 2.25. The first kappa shape index (κ1) is 13.3. The van der Waals surface area contributed by atoms with Crippen LogP contribution in [0.15, 0.2) is 29.3 Å². The Morgan fingerprint density at radius 3 is 2.50 bits per heavy atom. The van der Waals surface area contributed by atoms with E-state index in [1.807, 2.05) is 18.2 Å². The molecule has 0 amide bonds. The van der Waals surface area contributed by atoms with E-state index in [4.69, 9.17) is 4.74 Å². The Balaban J connectivity index is 1.87. The molecular formula is C14H15NO4S. The second-order valence-electron chi connectivity index (χ2n) is 5.40. The predicted molar refractivity (Wildman–Crippen MR) is 73.2 cm³/mol. The van der Waals surface area contributed by atoms with Gasteiger partial charge in [0.2, 0.25) is 6.08 Å². The number of carbonyl (C=O) groups excluding carboxylic acids is 1. The molecule has 1 saturated heterocycles. The normalized spacial score (nSPS) is 23.0. The highest BCUT2D eigenvalue weighted by molar-refractivity contribution is 7.92. The van der Waals surface area contributed by atoms with Crippen LogP contribution in [0.25, 0.3) is 0 Å². The zero-order chi connectivity index (χ0) is 14.2. The van der Waals surface area contributed by atoms with Crippen molar-refractivity contribution in [3.63, 3.8) is 0 Å². The molecule has 1 heterocycles. The minimum atomic E-state index is -2.91. The second kappa shape index (κ2) is 4.72. The number of benzene rings is 1. The van der Waals surface area contributed by atoms with Crippen LogP contribution in [0, 0.1) is 0 Å². The summed E-state index contributed by atoms with van der Waals surface area (Å²) in [6.07, 6.45) is 3.97. The molecule has 6 heteroatoms. The largest absolute Gasteiger partial charge is 0.488 e. The second-order valence-corrected chi connectivity index (χ2v) is 7.55. The molecule has 1 aliphatic heterocycles. The molecule has 0 unspecified atom stereocenters. The van der Waals surface area contributed by atoms with E-state index in [0.29, 0.717) is 5.75 Å². The summed E-state index contributed by atoms with van der Waals surface area (Å²) in [5.74, 6) is 0.752. The van der Waals surface area contributed by atoms with Gasteiger partial charge >= 0.3 is 0 Å². The molecule has 1 saturated carbocycles. The Morgan fingerprint density at radius 2 is 1.95 bits per heavy atom. The van der Waals surface area contributed by atoms with Crippen LogP contribution in [0.1, 0.15) is 24.8 Å². The molecule has 0 bridgehead atoms. The van der Waals surface area contributed by atoms with Crippen molar-refractivity contribution in [1.29, 1.82) is 0 Å². The highest BCUT2D eigenvalue weighted by Gasteiger charge is 2.42. The maximum Gasteiger partial charge on any atom is 0.235 e. The number of para-hydroxylation sites is 1. The van der Waals surface area contributed by atoms with E-state index in [1.165, 1.54) is 0 Å². The highest BCUT2D eigenvalue weighted by Crippen LogP contribution is 2.48. The Morgan fingerprint density at radius 1 is 1.25 bits per heavy atom. The Labute approximate surface area is 117 Å². The van der Waals surface area contributed by atoms with Gasteiger partial charge in [-0.2, -0.15) is 4.99 Å². The molecule has 20 heavy (non-hydrogen) atoms. The Hall–Kier alpha value is -1.65. The van der Waals surface area contributed by atoms with E-state index in [1.54, 1.807) is 12.1 Å². The maximum atomic E-state index is 11.2. The fourth-order valence-electron chi connectivity index (χ4n) is 2.76. The number of aliphatic imine (C=N–C) groups is 1. The molecule has 1 aliphatic carbocycles.